The Balaban J connectivity index is 2.29. The number of benzene rings is 1. The van der Waals surface area contributed by atoms with Gasteiger partial charge in [0, 0.05) is 12.1 Å². The van der Waals surface area contributed by atoms with E-state index in [9.17, 15) is 13.2 Å². The molecule has 0 saturated carbocycles. The lowest BCUT2D eigenvalue weighted by atomic mass is 10.1. The predicted molar refractivity (Wildman–Crippen MR) is 95.8 cm³/mol. The standard InChI is InChI=1S/C14H15NO6S3/c1-20-10-5-3-4-9(12(10)21-2)8-11-13(16)15(14(22)23-11)6-7-24(17,18)19/h3-5,8H,6-7H2,1-2H3,(H,17,18,19)/b11-8-. The lowest BCUT2D eigenvalue weighted by Crippen LogP contribution is -2.32. The Morgan fingerprint density at radius 1 is 1.33 bits per heavy atom. The van der Waals surface area contributed by atoms with Gasteiger partial charge in [-0.2, -0.15) is 8.42 Å². The van der Waals surface area contributed by atoms with Gasteiger partial charge in [-0.3, -0.25) is 14.2 Å². The van der Waals surface area contributed by atoms with E-state index in [1.807, 2.05) is 0 Å². The van der Waals surface area contributed by atoms with Crippen LogP contribution < -0.4 is 9.47 Å². The summed E-state index contributed by atoms with van der Waals surface area (Å²) in [6.07, 6.45) is 1.61. The first-order chi connectivity index (χ1) is 11.3. The van der Waals surface area contributed by atoms with Crippen LogP contribution in [-0.4, -0.2) is 54.6 Å². The Bertz CT molecular complexity index is 803. The van der Waals surface area contributed by atoms with E-state index < -0.39 is 21.8 Å². The summed E-state index contributed by atoms with van der Waals surface area (Å²) in [6, 6.07) is 5.24. The van der Waals surface area contributed by atoms with Crippen molar-refractivity contribution in [2.24, 2.45) is 0 Å². The van der Waals surface area contributed by atoms with Crippen LogP contribution in [0.3, 0.4) is 0 Å². The van der Waals surface area contributed by atoms with Crippen molar-refractivity contribution in [3.8, 4) is 11.5 Å². The molecule has 1 heterocycles. The van der Waals surface area contributed by atoms with Crippen molar-refractivity contribution in [2.45, 2.75) is 0 Å². The minimum Gasteiger partial charge on any atom is -0.493 e. The van der Waals surface area contributed by atoms with Gasteiger partial charge in [-0.05, 0) is 12.1 Å². The molecular formula is C14H15NO6S3. The molecule has 1 aromatic carbocycles. The van der Waals surface area contributed by atoms with Gasteiger partial charge >= 0.3 is 0 Å². The highest BCUT2D eigenvalue weighted by Crippen LogP contribution is 2.37. The van der Waals surface area contributed by atoms with E-state index in [0.29, 0.717) is 22.0 Å². The summed E-state index contributed by atoms with van der Waals surface area (Å²) in [5.41, 5.74) is 0.632. The van der Waals surface area contributed by atoms with Gasteiger partial charge in [0.25, 0.3) is 16.0 Å². The molecule has 2 rings (SSSR count). The Hall–Kier alpha value is -1.62. The SMILES string of the molecule is COc1cccc(/C=C2\SC(=S)N(CCS(=O)(=O)O)C2=O)c1OC. The molecule has 0 atom stereocenters. The third-order valence-electron chi connectivity index (χ3n) is 3.17. The van der Waals surface area contributed by atoms with E-state index in [1.165, 1.54) is 14.2 Å². The molecule has 10 heteroatoms. The molecule has 0 bridgehead atoms. The Kier molecular flexibility index (Phi) is 5.86. The summed E-state index contributed by atoms with van der Waals surface area (Å²) in [6.45, 7) is -0.198. The molecule has 1 amide bonds. The number of amides is 1. The number of methoxy groups -OCH3 is 2. The molecule has 130 valence electrons. The summed E-state index contributed by atoms with van der Waals surface area (Å²) in [5, 5.41) is 0. The van der Waals surface area contributed by atoms with Crippen LogP contribution in [0.4, 0.5) is 0 Å². The number of hydrogen-bond acceptors (Lipinski definition) is 7. The van der Waals surface area contributed by atoms with Gasteiger partial charge in [0.15, 0.2) is 11.5 Å². The number of thioether (sulfide) groups is 1. The monoisotopic (exact) mass is 389 g/mol. The van der Waals surface area contributed by atoms with Crippen LogP contribution in [0.2, 0.25) is 0 Å². The molecule has 7 nitrogen and oxygen atoms in total. The Morgan fingerprint density at radius 2 is 2.04 bits per heavy atom. The normalized spacial score (nSPS) is 16.8. The van der Waals surface area contributed by atoms with E-state index in [2.05, 4.69) is 0 Å². The number of nitrogens with zero attached hydrogens (tertiary/aromatic N) is 1. The number of carbonyl (C=O) groups excluding carboxylic acids is 1. The smallest absolute Gasteiger partial charge is 0.266 e. The van der Waals surface area contributed by atoms with Gasteiger partial charge < -0.3 is 9.47 Å². The summed E-state index contributed by atoms with van der Waals surface area (Å²) in [5.74, 6) is 0.00434. The van der Waals surface area contributed by atoms with Crippen molar-refractivity contribution in [1.82, 2.24) is 4.90 Å². The lowest BCUT2D eigenvalue weighted by Gasteiger charge is -2.13. The van der Waals surface area contributed by atoms with Crippen molar-refractivity contribution in [3.05, 3.63) is 28.7 Å². The number of thiocarbonyl (C=S) groups is 1. The van der Waals surface area contributed by atoms with Gasteiger partial charge in [0.05, 0.1) is 24.9 Å². The van der Waals surface area contributed by atoms with Crippen LogP contribution >= 0.6 is 24.0 Å². The molecule has 1 N–H and O–H groups in total. The summed E-state index contributed by atoms with van der Waals surface area (Å²) in [4.78, 5) is 13.9. The van der Waals surface area contributed by atoms with Crippen molar-refractivity contribution >= 4 is 50.4 Å². The fourth-order valence-corrected chi connectivity index (χ4v) is 3.78. The van der Waals surface area contributed by atoms with E-state index >= 15 is 0 Å². The Morgan fingerprint density at radius 3 is 2.62 bits per heavy atom. The van der Waals surface area contributed by atoms with E-state index in [1.54, 1.807) is 24.3 Å². The minimum absolute atomic E-state index is 0.198. The van der Waals surface area contributed by atoms with Crippen molar-refractivity contribution in [2.75, 3.05) is 26.5 Å². The first-order valence-electron chi connectivity index (χ1n) is 6.68. The molecule has 0 aliphatic carbocycles. The lowest BCUT2D eigenvalue weighted by molar-refractivity contribution is -0.121. The average Bonchev–Trinajstić information content (AvgIpc) is 2.78. The predicted octanol–water partition coefficient (Wildman–Crippen LogP) is 1.79. The second-order valence-corrected chi connectivity index (χ2v) is 7.95. The number of rotatable bonds is 6. The van der Waals surface area contributed by atoms with Gasteiger partial charge in [-0.15, -0.1) is 0 Å². The molecule has 24 heavy (non-hydrogen) atoms. The highest BCUT2D eigenvalue weighted by atomic mass is 32.2. The van der Waals surface area contributed by atoms with Crippen LogP contribution in [-0.2, 0) is 14.9 Å². The van der Waals surface area contributed by atoms with Crippen LogP contribution in [0.1, 0.15) is 5.56 Å². The van der Waals surface area contributed by atoms with Crippen molar-refractivity contribution < 1.29 is 27.2 Å². The first-order valence-corrected chi connectivity index (χ1v) is 9.51. The fourth-order valence-electron chi connectivity index (χ4n) is 2.07. The van der Waals surface area contributed by atoms with Gasteiger partial charge in [0.2, 0.25) is 0 Å². The zero-order valence-corrected chi connectivity index (χ0v) is 15.3. The topological polar surface area (TPSA) is 93.1 Å². The largest absolute Gasteiger partial charge is 0.493 e. The molecule has 1 aliphatic rings. The number of hydrogen-bond donors (Lipinski definition) is 1. The van der Waals surface area contributed by atoms with Crippen LogP contribution in [0.5, 0.6) is 11.5 Å². The second kappa shape index (κ2) is 7.51. The molecule has 1 fully saturated rings. The zero-order valence-electron chi connectivity index (χ0n) is 12.9. The Labute approximate surface area is 149 Å². The van der Waals surface area contributed by atoms with Crippen LogP contribution in [0.25, 0.3) is 6.08 Å². The van der Waals surface area contributed by atoms with E-state index in [4.69, 9.17) is 26.2 Å². The highest BCUT2D eigenvalue weighted by molar-refractivity contribution is 8.26. The summed E-state index contributed by atoms with van der Waals surface area (Å²) < 4.78 is 41.3. The van der Waals surface area contributed by atoms with E-state index in [-0.39, 0.29) is 10.9 Å². The maximum atomic E-state index is 12.4. The second-order valence-electron chi connectivity index (χ2n) is 4.70. The fraction of sp³-hybridized carbons (Fsp3) is 0.286. The minimum atomic E-state index is -4.17. The van der Waals surface area contributed by atoms with E-state index in [0.717, 1.165) is 16.7 Å². The molecule has 0 aromatic heterocycles. The molecular weight excluding hydrogens is 374 g/mol. The summed E-state index contributed by atoms with van der Waals surface area (Å²) in [7, 11) is -1.17. The molecule has 1 aliphatic heterocycles. The zero-order chi connectivity index (χ0) is 17.9. The van der Waals surface area contributed by atoms with Crippen LogP contribution in [0.15, 0.2) is 23.1 Å². The third-order valence-corrected chi connectivity index (χ3v) is 5.24. The molecule has 0 unspecified atom stereocenters. The maximum absolute atomic E-state index is 12.4. The average molecular weight is 389 g/mol. The molecule has 1 aromatic rings. The van der Waals surface area contributed by atoms with Crippen molar-refractivity contribution in [3.63, 3.8) is 0 Å². The van der Waals surface area contributed by atoms with Crippen molar-refractivity contribution in [1.29, 1.82) is 0 Å². The molecule has 1 saturated heterocycles. The number of ether oxygens (including phenoxy) is 2. The molecule has 0 spiro atoms. The van der Waals surface area contributed by atoms with Gasteiger partial charge in [0.1, 0.15) is 4.32 Å². The molecule has 0 radical (unpaired) electrons. The highest BCUT2D eigenvalue weighted by Gasteiger charge is 2.32. The number of carbonyl (C=O) groups is 1. The first kappa shape index (κ1) is 18.7. The third kappa shape index (κ3) is 4.26. The quantitative estimate of drug-likeness (QED) is 0.447. The maximum Gasteiger partial charge on any atom is 0.266 e. The number of para-hydroxylation sites is 1. The van der Waals surface area contributed by atoms with Gasteiger partial charge in [-0.1, -0.05) is 36.1 Å². The van der Waals surface area contributed by atoms with Crippen LogP contribution in [0, 0.1) is 0 Å². The van der Waals surface area contributed by atoms with Gasteiger partial charge in [-0.25, -0.2) is 0 Å². The summed E-state index contributed by atoms with van der Waals surface area (Å²) >= 11 is 6.16.